The highest BCUT2D eigenvalue weighted by Gasteiger charge is 2.25. The van der Waals surface area contributed by atoms with E-state index in [4.69, 9.17) is 5.73 Å². The van der Waals surface area contributed by atoms with Gasteiger partial charge in [0.05, 0.1) is 11.4 Å². The molecule has 0 aliphatic carbocycles. The van der Waals surface area contributed by atoms with Crippen molar-refractivity contribution in [2.75, 3.05) is 5.73 Å². The Morgan fingerprint density at radius 3 is 3.20 bits per heavy atom. The Hall–Kier alpha value is -1.42. The molecule has 1 aliphatic rings. The van der Waals surface area contributed by atoms with E-state index < -0.39 is 0 Å². The topological polar surface area (TPSA) is 43.8 Å². The maximum absolute atomic E-state index is 5.88. The smallest absolute Gasteiger partial charge is 0.106 e. The van der Waals surface area contributed by atoms with Gasteiger partial charge in [-0.05, 0) is 12.1 Å². The Morgan fingerprint density at radius 1 is 1.47 bits per heavy atom. The molecule has 0 aromatic carbocycles. The van der Waals surface area contributed by atoms with Gasteiger partial charge in [0.15, 0.2) is 0 Å². The summed E-state index contributed by atoms with van der Waals surface area (Å²) >= 11 is 1.89. The van der Waals surface area contributed by atoms with E-state index in [9.17, 15) is 0 Å². The van der Waals surface area contributed by atoms with E-state index in [1.165, 1.54) is 11.3 Å². The molecule has 2 aromatic heterocycles. The quantitative estimate of drug-likeness (QED) is 0.796. The van der Waals surface area contributed by atoms with Gasteiger partial charge >= 0.3 is 0 Å². The monoisotopic (exact) mass is 217 g/mol. The van der Waals surface area contributed by atoms with Crippen molar-refractivity contribution in [3.63, 3.8) is 0 Å². The molecule has 0 amide bonds. The number of hydrogen-bond donors (Lipinski definition) is 1. The predicted octanol–water partition coefficient (Wildman–Crippen LogP) is 2.26. The van der Waals surface area contributed by atoms with E-state index in [0.29, 0.717) is 5.37 Å². The van der Waals surface area contributed by atoms with Crippen molar-refractivity contribution < 1.29 is 0 Å². The number of anilines is 1. The first kappa shape index (κ1) is 8.85. The fourth-order valence-corrected chi connectivity index (χ4v) is 3.21. The fraction of sp³-hybridized carbons (Fsp3) is 0.182. The van der Waals surface area contributed by atoms with Crippen LogP contribution in [0, 0.1) is 0 Å². The Bertz CT molecular complexity index is 478. The molecule has 76 valence electrons. The number of hydrogen-bond acceptors (Lipinski definition) is 3. The number of fused-ring (bicyclic) bond motifs is 1. The van der Waals surface area contributed by atoms with Crippen molar-refractivity contribution in [1.29, 1.82) is 0 Å². The van der Waals surface area contributed by atoms with E-state index in [1.54, 1.807) is 6.20 Å². The van der Waals surface area contributed by atoms with Gasteiger partial charge in [0, 0.05) is 29.9 Å². The molecular weight excluding hydrogens is 206 g/mol. The van der Waals surface area contributed by atoms with Crippen LogP contribution in [0.5, 0.6) is 0 Å². The molecule has 15 heavy (non-hydrogen) atoms. The Balaban J connectivity index is 2.04. The van der Waals surface area contributed by atoms with Crippen LogP contribution in [-0.4, -0.2) is 9.55 Å². The maximum atomic E-state index is 5.88. The highest BCUT2D eigenvalue weighted by Crippen LogP contribution is 2.42. The third-order valence-corrected chi connectivity index (χ3v) is 3.91. The molecule has 0 fully saturated rings. The number of pyridine rings is 1. The molecule has 1 aliphatic heterocycles. The molecule has 2 N–H and O–H groups in total. The first-order chi connectivity index (χ1) is 7.36. The zero-order valence-corrected chi connectivity index (χ0v) is 8.95. The second kappa shape index (κ2) is 3.31. The number of rotatable bonds is 1. The highest BCUT2D eigenvalue weighted by molar-refractivity contribution is 7.99. The van der Waals surface area contributed by atoms with Crippen LogP contribution in [0.2, 0.25) is 0 Å². The maximum Gasteiger partial charge on any atom is 0.106 e. The Morgan fingerprint density at radius 2 is 2.40 bits per heavy atom. The van der Waals surface area contributed by atoms with Crippen molar-refractivity contribution in [1.82, 2.24) is 9.55 Å². The highest BCUT2D eigenvalue weighted by atomic mass is 32.2. The van der Waals surface area contributed by atoms with Gasteiger partial charge in [-0.1, -0.05) is 6.07 Å². The van der Waals surface area contributed by atoms with Crippen LogP contribution in [-0.2, 0) is 5.75 Å². The van der Waals surface area contributed by atoms with Crippen LogP contribution >= 0.6 is 11.8 Å². The van der Waals surface area contributed by atoms with E-state index in [2.05, 4.69) is 21.8 Å². The summed E-state index contributed by atoms with van der Waals surface area (Å²) in [6, 6.07) is 6.05. The third-order valence-electron chi connectivity index (χ3n) is 2.66. The van der Waals surface area contributed by atoms with Gasteiger partial charge in [0.25, 0.3) is 0 Å². The van der Waals surface area contributed by atoms with Gasteiger partial charge in [-0.15, -0.1) is 11.8 Å². The second-order valence-electron chi connectivity index (χ2n) is 3.57. The lowest BCUT2D eigenvalue weighted by Crippen LogP contribution is -2.02. The van der Waals surface area contributed by atoms with Crippen LogP contribution in [0.3, 0.4) is 0 Å². The van der Waals surface area contributed by atoms with Gasteiger partial charge in [0.2, 0.25) is 0 Å². The van der Waals surface area contributed by atoms with Crippen LogP contribution in [0.25, 0.3) is 0 Å². The van der Waals surface area contributed by atoms with Gasteiger partial charge in [-0.2, -0.15) is 0 Å². The van der Waals surface area contributed by atoms with Gasteiger partial charge in [-0.25, -0.2) is 0 Å². The number of aromatic nitrogens is 2. The summed E-state index contributed by atoms with van der Waals surface area (Å²) in [5.74, 6) is 0.985. The van der Waals surface area contributed by atoms with Crippen molar-refractivity contribution in [3.05, 3.63) is 48.0 Å². The molecule has 1 atom stereocenters. The SMILES string of the molecule is Nc1ccn2c1CSC2c1cccnc1. The molecule has 1 unspecified atom stereocenters. The van der Waals surface area contributed by atoms with Crippen molar-refractivity contribution in [2.24, 2.45) is 0 Å². The van der Waals surface area contributed by atoms with Crippen molar-refractivity contribution in [3.8, 4) is 0 Å². The second-order valence-corrected chi connectivity index (χ2v) is 4.64. The molecule has 3 nitrogen and oxygen atoms in total. The third kappa shape index (κ3) is 1.33. The summed E-state index contributed by atoms with van der Waals surface area (Å²) in [6.45, 7) is 0. The van der Waals surface area contributed by atoms with Crippen LogP contribution < -0.4 is 5.73 Å². The van der Waals surface area contributed by atoms with Crippen LogP contribution in [0.1, 0.15) is 16.6 Å². The molecule has 0 saturated carbocycles. The molecule has 0 radical (unpaired) electrons. The van der Waals surface area contributed by atoms with Crippen molar-refractivity contribution >= 4 is 17.4 Å². The van der Waals surface area contributed by atoms with Crippen LogP contribution in [0.4, 0.5) is 5.69 Å². The number of nitrogens with zero attached hydrogens (tertiary/aromatic N) is 2. The molecule has 3 rings (SSSR count). The number of nitrogens with two attached hydrogens (primary N) is 1. The lowest BCUT2D eigenvalue weighted by Gasteiger charge is -2.11. The molecular formula is C11H11N3S. The number of nitrogen functional groups attached to an aromatic ring is 1. The minimum absolute atomic E-state index is 0.339. The Kier molecular flexibility index (Phi) is 1.95. The average molecular weight is 217 g/mol. The lowest BCUT2D eigenvalue weighted by atomic mass is 10.3. The van der Waals surface area contributed by atoms with E-state index >= 15 is 0 Å². The molecule has 0 bridgehead atoms. The first-order valence-corrected chi connectivity index (χ1v) is 5.88. The number of thioether (sulfide) groups is 1. The van der Waals surface area contributed by atoms with Gasteiger partial charge in [-0.3, -0.25) is 4.98 Å². The molecule has 2 aromatic rings. The lowest BCUT2D eigenvalue weighted by molar-refractivity contribution is 0.778. The molecule has 3 heterocycles. The summed E-state index contributed by atoms with van der Waals surface area (Å²) in [5.41, 5.74) is 9.24. The zero-order chi connectivity index (χ0) is 10.3. The van der Waals surface area contributed by atoms with Crippen molar-refractivity contribution in [2.45, 2.75) is 11.1 Å². The molecule has 0 saturated heterocycles. The van der Waals surface area contributed by atoms with E-state index in [1.807, 2.05) is 30.1 Å². The summed E-state index contributed by atoms with van der Waals surface area (Å²) in [7, 11) is 0. The summed E-state index contributed by atoms with van der Waals surface area (Å²) in [5, 5.41) is 0.339. The summed E-state index contributed by atoms with van der Waals surface area (Å²) < 4.78 is 2.23. The van der Waals surface area contributed by atoms with Crippen LogP contribution in [0.15, 0.2) is 36.8 Å². The summed E-state index contributed by atoms with van der Waals surface area (Å²) in [4.78, 5) is 4.15. The summed E-state index contributed by atoms with van der Waals surface area (Å²) in [6.07, 6.45) is 5.78. The minimum atomic E-state index is 0.339. The Labute approximate surface area is 92.3 Å². The minimum Gasteiger partial charge on any atom is -0.397 e. The predicted molar refractivity (Wildman–Crippen MR) is 62.5 cm³/mol. The molecule has 4 heteroatoms. The van der Waals surface area contributed by atoms with E-state index in [0.717, 1.165) is 11.4 Å². The fourth-order valence-electron chi connectivity index (χ4n) is 1.89. The zero-order valence-electron chi connectivity index (χ0n) is 8.13. The standard InChI is InChI=1S/C11H11N3S/c12-9-3-5-14-10(9)7-15-11(14)8-2-1-4-13-6-8/h1-6,11H,7,12H2. The van der Waals surface area contributed by atoms with Gasteiger partial charge in [0.1, 0.15) is 5.37 Å². The first-order valence-electron chi connectivity index (χ1n) is 4.83. The normalized spacial score (nSPS) is 19.1. The van der Waals surface area contributed by atoms with Gasteiger partial charge < -0.3 is 10.3 Å². The average Bonchev–Trinajstić information content (AvgIpc) is 2.83. The largest absolute Gasteiger partial charge is 0.397 e. The molecule has 0 spiro atoms. The van der Waals surface area contributed by atoms with E-state index in [-0.39, 0.29) is 0 Å².